The quantitative estimate of drug-likeness (QED) is 0.122. The molecule has 274 valence electrons. The summed E-state index contributed by atoms with van der Waals surface area (Å²) in [7, 11) is 3.26. The van der Waals surface area contributed by atoms with Crippen molar-refractivity contribution in [1.29, 1.82) is 0 Å². The molecule has 0 bridgehead atoms. The van der Waals surface area contributed by atoms with Crippen LogP contribution < -0.4 is 25.8 Å². The number of aliphatic hydroxyl groups is 1. The van der Waals surface area contributed by atoms with E-state index in [1.165, 1.54) is 0 Å². The number of hydrogen-bond donors (Lipinski definition) is 4. The van der Waals surface area contributed by atoms with E-state index < -0.39 is 35.5 Å². The van der Waals surface area contributed by atoms with Crippen LogP contribution in [0.5, 0.6) is 11.5 Å². The molecule has 0 fully saturated rings. The van der Waals surface area contributed by atoms with Gasteiger partial charge < -0.3 is 40.4 Å². The Morgan fingerprint density at radius 1 is 0.898 bits per heavy atom. The summed E-state index contributed by atoms with van der Waals surface area (Å²) in [6, 6.07) is 14.5. The first-order chi connectivity index (χ1) is 23.2. The van der Waals surface area contributed by atoms with Gasteiger partial charge in [0.1, 0.15) is 6.61 Å². The van der Waals surface area contributed by atoms with E-state index in [-0.39, 0.29) is 43.2 Å². The van der Waals surface area contributed by atoms with E-state index in [2.05, 4.69) is 24.5 Å². The number of nitrogens with two attached hydrogens (primary N) is 1. The molecule has 2 aromatic rings. The van der Waals surface area contributed by atoms with Crippen molar-refractivity contribution in [2.75, 3.05) is 34.0 Å². The molecule has 49 heavy (non-hydrogen) atoms. The van der Waals surface area contributed by atoms with Crippen molar-refractivity contribution < 1.29 is 38.4 Å². The molecule has 0 heterocycles. The zero-order valence-corrected chi connectivity index (χ0v) is 30.6. The first-order valence-electron chi connectivity index (χ1n) is 17.2. The Morgan fingerprint density at radius 2 is 1.59 bits per heavy atom. The third-order valence-electron chi connectivity index (χ3n) is 8.96. The summed E-state index contributed by atoms with van der Waals surface area (Å²) < 4.78 is 22.2. The van der Waals surface area contributed by atoms with Gasteiger partial charge in [0.05, 0.1) is 31.3 Å². The first-order valence-corrected chi connectivity index (χ1v) is 17.2. The molecule has 2 rings (SSSR count). The highest BCUT2D eigenvalue weighted by Crippen LogP contribution is 2.32. The second-order valence-corrected chi connectivity index (χ2v) is 14.1. The topological polar surface area (TPSA) is 158 Å². The highest BCUT2D eigenvalue weighted by molar-refractivity contribution is 5.83. The van der Waals surface area contributed by atoms with Crippen molar-refractivity contribution in [3.8, 4) is 11.5 Å². The van der Waals surface area contributed by atoms with E-state index in [0.717, 1.165) is 17.5 Å². The van der Waals surface area contributed by atoms with Crippen molar-refractivity contribution in [2.45, 2.75) is 86.0 Å². The van der Waals surface area contributed by atoms with Crippen LogP contribution in [0.2, 0.25) is 0 Å². The van der Waals surface area contributed by atoms with Crippen molar-refractivity contribution in [2.24, 2.45) is 34.8 Å². The van der Waals surface area contributed by atoms with Crippen LogP contribution in [0, 0.1) is 29.1 Å². The molecular weight excluding hydrogens is 626 g/mol. The Morgan fingerprint density at radius 3 is 2.18 bits per heavy atom. The third kappa shape index (κ3) is 14.3. The molecular formula is C38H59N3O8. The number of amides is 3. The average Bonchev–Trinajstić information content (AvgIpc) is 3.06. The summed E-state index contributed by atoms with van der Waals surface area (Å²) in [5, 5.41) is 17.5. The Balaban J connectivity index is 2.29. The number of benzene rings is 2. The monoisotopic (exact) mass is 685 g/mol. The predicted octanol–water partition coefficient (Wildman–Crippen LogP) is 5.26. The van der Waals surface area contributed by atoms with Crippen molar-refractivity contribution >= 4 is 17.9 Å². The lowest BCUT2D eigenvalue weighted by Crippen LogP contribution is -2.49. The number of rotatable bonds is 22. The Hall–Kier alpha value is -3.83. The van der Waals surface area contributed by atoms with Crippen LogP contribution in [0.1, 0.15) is 71.9 Å². The minimum Gasteiger partial charge on any atom is -0.493 e. The lowest BCUT2D eigenvalue weighted by Gasteiger charge is -2.32. The standard InChI is InChI=1S/C38H59N3O8/c1-25(2)29(19-28-15-16-33(47-8)34(20-28)48-18-12-17-46-7)21-31(41-37(45)49-23-27-13-10-9-11-14-27)32(42)22-30(26(3)4)35(43)40-24-38(5,6)36(39)44/h9-11,13-16,20,25-26,29-32,42H,12,17-19,21-24H2,1-8H3,(H2,39,44)(H,40,43)(H,41,45)/t29-,30-,31-,32-/m0/s1. The maximum atomic E-state index is 13.3. The highest BCUT2D eigenvalue weighted by atomic mass is 16.5. The SMILES string of the molecule is COCCCOc1cc(C[C@@H](C[C@H](NC(=O)OCc2ccccc2)[C@@H](O)C[C@H](C(=O)NCC(C)(C)C(N)=O)C(C)C)C(C)C)ccc1OC. The fraction of sp³-hybridized carbons (Fsp3) is 0.605. The predicted molar refractivity (Wildman–Crippen MR) is 190 cm³/mol. The Labute approximate surface area is 292 Å². The molecule has 4 atom stereocenters. The molecule has 0 spiro atoms. The third-order valence-corrected chi connectivity index (χ3v) is 8.96. The van der Waals surface area contributed by atoms with Gasteiger partial charge in [-0.25, -0.2) is 4.79 Å². The van der Waals surface area contributed by atoms with Crippen molar-refractivity contribution in [1.82, 2.24) is 10.6 Å². The maximum Gasteiger partial charge on any atom is 0.407 e. The van der Waals surface area contributed by atoms with Gasteiger partial charge in [-0.3, -0.25) is 9.59 Å². The number of hydrogen-bond acceptors (Lipinski definition) is 8. The molecule has 11 heteroatoms. The Kier molecular flexibility index (Phi) is 17.4. The molecule has 11 nitrogen and oxygen atoms in total. The van der Waals surface area contributed by atoms with Gasteiger partial charge >= 0.3 is 6.09 Å². The maximum absolute atomic E-state index is 13.3. The number of carbonyl (C=O) groups is 3. The second-order valence-electron chi connectivity index (χ2n) is 14.1. The van der Waals surface area contributed by atoms with Crippen molar-refractivity contribution in [3.63, 3.8) is 0 Å². The van der Waals surface area contributed by atoms with Gasteiger partial charge in [0.15, 0.2) is 11.5 Å². The molecule has 0 saturated heterocycles. The number of aliphatic hydroxyl groups excluding tert-OH is 1. The lowest BCUT2D eigenvalue weighted by molar-refractivity contribution is -0.130. The fourth-order valence-corrected chi connectivity index (χ4v) is 5.43. The molecule has 5 N–H and O–H groups in total. The van der Waals surface area contributed by atoms with Gasteiger partial charge in [0, 0.05) is 32.6 Å². The van der Waals surface area contributed by atoms with E-state index in [1.807, 2.05) is 62.4 Å². The largest absolute Gasteiger partial charge is 0.493 e. The number of primary amides is 1. The number of nitrogens with one attached hydrogen (secondary N) is 2. The summed E-state index contributed by atoms with van der Waals surface area (Å²) in [5.41, 5.74) is 6.44. The summed E-state index contributed by atoms with van der Waals surface area (Å²) in [6.45, 7) is 12.6. The van der Waals surface area contributed by atoms with Crippen LogP contribution in [0.4, 0.5) is 4.79 Å². The normalized spacial score (nSPS) is 14.1. The molecule has 0 aliphatic rings. The van der Waals surface area contributed by atoms with Crippen LogP contribution in [-0.4, -0.2) is 69.1 Å². The summed E-state index contributed by atoms with van der Waals surface area (Å²) in [4.78, 5) is 38.3. The van der Waals surface area contributed by atoms with Gasteiger partial charge in [-0.15, -0.1) is 0 Å². The molecule has 0 unspecified atom stereocenters. The van der Waals surface area contributed by atoms with Crippen LogP contribution in [-0.2, 0) is 32.1 Å². The summed E-state index contributed by atoms with van der Waals surface area (Å²) in [6.07, 6.45) is 0.190. The summed E-state index contributed by atoms with van der Waals surface area (Å²) >= 11 is 0. The molecule has 2 aromatic carbocycles. The number of carbonyl (C=O) groups excluding carboxylic acids is 3. The van der Waals surface area contributed by atoms with Gasteiger partial charge in [-0.1, -0.05) is 64.1 Å². The van der Waals surface area contributed by atoms with Crippen LogP contribution >= 0.6 is 0 Å². The summed E-state index contributed by atoms with van der Waals surface area (Å²) in [5.74, 6) is -0.0192. The minimum absolute atomic E-state index is 0.0338. The zero-order chi connectivity index (χ0) is 36.6. The number of ether oxygens (including phenoxy) is 4. The molecule has 3 amide bonds. The first kappa shape index (κ1) is 41.3. The molecule has 0 saturated carbocycles. The molecule has 0 radical (unpaired) electrons. The van der Waals surface area contributed by atoms with E-state index >= 15 is 0 Å². The smallest absolute Gasteiger partial charge is 0.407 e. The van der Waals surface area contributed by atoms with Crippen LogP contribution in [0.3, 0.4) is 0 Å². The van der Waals surface area contributed by atoms with Gasteiger partial charge in [-0.05, 0) is 74.1 Å². The van der Waals surface area contributed by atoms with Gasteiger partial charge in [-0.2, -0.15) is 0 Å². The fourth-order valence-electron chi connectivity index (χ4n) is 5.43. The van der Waals surface area contributed by atoms with Crippen LogP contribution in [0.15, 0.2) is 48.5 Å². The molecule has 0 aliphatic heterocycles. The van der Waals surface area contributed by atoms with E-state index in [0.29, 0.717) is 37.6 Å². The Bertz CT molecular complexity index is 1300. The van der Waals surface area contributed by atoms with E-state index in [4.69, 9.17) is 24.7 Å². The number of alkyl carbamates (subject to hydrolysis) is 1. The van der Waals surface area contributed by atoms with Crippen LogP contribution in [0.25, 0.3) is 0 Å². The van der Waals surface area contributed by atoms with E-state index in [9.17, 15) is 19.5 Å². The van der Waals surface area contributed by atoms with Crippen molar-refractivity contribution in [3.05, 3.63) is 59.7 Å². The van der Waals surface area contributed by atoms with Gasteiger partial charge in [0.25, 0.3) is 0 Å². The second kappa shape index (κ2) is 20.6. The van der Waals surface area contributed by atoms with Gasteiger partial charge in [0.2, 0.25) is 11.8 Å². The lowest BCUT2D eigenvalue weighted by atomic mass is 9.80. The average molecular weight is 686 g/mol. The number of methoxy groups -OCH3 is 2. The molecule has 0 aliphatic carbocycles. The highest BCUT2D eigenvalue weighted by Gasteiger charge is 2.34. The van der Waals surface area contributed by atoms with E-state index in [1.54, 1.807) is 28.1 Å². The molecule has 0 aromatic heterocycles. The minimum atomic E-state index is -1.07. The zero-order valence-electron chi connectivity index (χ0n) is 30.6.